The monoisotopic (exact) mass is 296 g/mol. The van der Waals surface area contributed by atoms with Crippen LogP contribution in [0.15, 0.2) is 55.0 Å². The van der Waals surface area contributed by atoms with Crippen molar-refractivity contribution >= 4 is 16.9 Å². The fourth-order valence-corrected chi connectivity index (χ4v) is 2.43. The molecule has 6 heteroatoms. The third-order valence-electron chi connectivity index (χ3n) is 3.50. The number of urea groups is 1. The molecule has 2 amide bonds. The molecular formula is C16H16N4O2. The SMILES string of the molecule is NC(=O)N(O)Cc1ccc2c(ccn2Cc2cccnc2)c1. The fraction of sp³-hybridized carbons (Fsp3) is 0.125. The number of fused-ring (bicyclic) bond motifs is 1. The Morgan fingerprint density at radius 2 is 2.14 bits per heavy atom. The minimum absolute atomic E-state index is 0.0685. The van der Waals surface area contributed by atoms with E-state index in [1.807, 2.05) is 48.8 Å². The number of nitrogens with zero attached hydrogens (tertiary/aromatic N) is 3. The zero-order chi connectivity index (χ0) is 15.5. The Morgan fingerprint density at radius 3 is 2.86 bits per heavy atom. The molecule has 112 valence electrons. The molecule has 0 aliphatic carbocycles. The van der Waals surface area contributed by atoms with Gasteiger partial charge in [-0.3, -0.25) is 10.2 Å². The van der Waals surface area contributed by atoms with E-state index in [2.05, 4.69) is 9.55 Å². The van der Waals surface area contributed by atoms with Crippen molar-refractivity contribution in [3.05, 3.63) is 66.1 Å². The minimum Gasteiger partial charge on any atom is -0.350 e. The highest BCUT2D eigenvalue weighted by Gasteiger charge is 2.08. The molecule has 3 N–H and O–H groups in total. The largest absolute Gasteiger partial charge is 0.350 e. The maximum absolute atomic E-state index is 10.9. The van der Waals surface area contributed by atoms with Gasteiger partial charge in [0.15, 0.2) is 0 Å². The number of hydrogen-bond donors (Lipinski definition) is 2. The molecule has 0 fully saturated rings. The molecule has 0 aliphatic rings. The van der Waals surface area contributed by atoms with Crippen molar-refractivity contribution in [2.24, 2.45) is 5.73 Å². The lowest BCUT2D eigenvalue weighted by atomic mass is 10.1. The van der Waals surface area contributed by atoms with Crippen LogP contribution in [-0.2, 0) is 13.1 Å². The maximum Gasteiger partial charge on any atom is 0.338 e. The van der Waals surface area contributed by atoms with Crippen LogP contribution in [0.2, 0.25) is 0 Å². The van der Waals surface area contributed by atoms with Gasteiger partial charge in [-0.2, -0.15) is 0 Å². The number of hydroxylamine groups is 2. The van der Waals surface area contributed by atoms with Crippen LogP contribution < -0.4 is 5.73 Å². The number of amides is 2. The Kier molecular flexibility index (Phi) is 3.76. The van der Waals surface area contributed by atoms with E-state index < -0.39 is 6.03 Å². The van der Waals surface area contributed by atoms with E-state index in [1.54, 1.807) is 6.20 Å². The lowest BCUT2D eigenvalue weighted by Crippen LogP contribution is -2.31. The predicted molar refractivity (Wildman–Crippen MR) is 82.2 cm³/mol. The first-order chi connectivity index (χ1) is 10.6. The molecule has 6 nitrogen and oxygen atoms in total. The van der Waals surface area contributed by atoms with E-state index in [9.17, 15) is 10.0 Å². The smallest absolute Gasteiger partial charge is 0.338 e. The first-order valence-electron chi connectivity index (χ1n) is 6.86. The first kappa shape index (κ1) is 14.1. The van der Waals surface area contributed by atoms with Crippen LogP contribution in [-0.4, -0.2) is 25.9 Å². The van der Waals surface area contributed by atoms with Gasteiger partial charge >= 0.3 is 6.03 Å². The van der Waals surface area contributed by atoms with Crippen LogP contribution in [0, 0.1) is 0 Å². The number of pyridine rings is 1. The fourth-order valence-electron chi connectivity index (χ4n) is 2.43. The first-order valence-corrected chi connectivity index (χ1v) is 6.86. The van der Waals surface area contributed by atoms with Gasteiger partial charge in [0, 0.05) is 30.7 Å². The Balaban J connectivity index is 1.85. The molecule has 0 aliphatic heterocycles. The standard InChI is InChI=1S/C16H16N4O2/c17-16(21)20(22)11-12-3-4-15-14(8-12)5-7-19(15)10-13-2-1-6-18-9-13/h1-9,22H,10-11H2,(H2,17,21). The minimum atomic E-state index is -0.866. The van der Waals surface area contributed by atoms with Crippen LogP contribution in [0.1, 0.15) is 11.1 Å². The molecule has 1 aromatic carbocycles. The molecule has 0 atom stereocenters. The number of benzene rings is 1. The van der Waals surface area contributed by atoms with Crippen molar-refractivity contribution in [2.75, 3.05) is 0 Å². The van der Waals surface area contributed by atoms with Crippen LogP contribution >= 0.6 is 0 Å². The van der Waals surface area contributed by atoms with E-state index in [4.69, 9.17) is 5.73 Å². The van der Waals surface area contributed by atoms with Crippen molar-refractivity contribution in [3.8, 4) is 0 Å². The summed E-state index contributed by atoms with van der Waals surface area (Å²) in [7, 11) is 0. The third kappa shape index (κ3) is 2.91. The summed E-state index contributed by atoms with van der Waals surface area (Å²) in [6.45, 7) is 0.809. The van der Waals surface area contributed by atoms with Crippen molar-refractivity contribution in [1.29, 1.82) is 0 Å². The van der Waals surface area contributed by atoms with E-state index in [-0.39, 0.29) is 6.54 Å². The topological polar surface area (TPSA) is 84.4 Å². The average Bonchev–Trinajstić information content (AvgIpc) is 2.90. The van der Waals surface area contributed by atoms with E-state index in [1.165, 1.54) is 0 Å². The summed E-state index contributed by atoms with van der Waals surface area (Å²) in [5, 5.41) is 10.9. The summed E-state index contributed by atoms with van der Waals surface area (Å²) in [6.07, 6.45) is 5.60. The second kappa shape index (κ2) is 5.87. The van der Waals surface area contributed by atoms with Gasteiger partial charge in [0.1, 0.15) is 0 Å². The second-order valence-corrected chi connectivity index (χ2v) is 5.09. The number of primary amides is 1. The molecule has 3 rings (SSSR count). The van der Waals surface area contributed by atoms with Gasteiger partial charge in [-0.15, -0.1) is 0 Å². The van der Waals surface area contributed by atoms with Crippen molar-refractivity contribution < 1.29 is 10.0 Å². The van der Waals surface area contributed by atoms with Crippen molar-refractivity contribution in [2.45, 2.75) is 13.1 Å². The van der Waals surface area contributed by atoms with Crippen LogP contribution in [0.5, 0.6) is 0 Å². The van der Waals surface area contributed by atoms with Crippen LogP contribution in [0.25, 0.3) is 10.9 Å². The highest BCUT2D eigenvalue weighted by atomic mass is 16.5. The Hall–Kier alpha value is -2.86. The quantitative estimate of drug-likeness (QED) is 0.572. The summed E-state index contributed by atoms with van der Waals surface area (Å²) >= 11 is 0. The molecule has 3 aromatic rings. The highest BCUT2D eigenvalue weighted by Crippen LogP contribution is 2.19. The molecule has 0 spiro atoms. The molecular weight excluding hydrogens is 280 g/mol. The Bertz CT molecular complexity index is 798. The number of carbonyl (C=O) groups is 1. The third-order valence-corrected chi connectivity index (χ3v) is 3.50. The van der Waals surface area contributed by atoms with Crippen LogP contribution in [0.3, 0.4) is 0 Å². The van der Waals surface area contributed by atoms with Crippen molar-refractivity contribution in [1.82, 2.24) is 14.6 Å². The zero-order valence-corrected chi connectivity index (χ0v) is 11.9. The molecule has 0 saturated carbocycles. The number of carbonyl (C=O) groups excluding carboxylic acids is 1. The molecule has 2 aromatic heterocycles. The Labute approximate surface area is 127 Å². The lowest BCUT2D eigenvalue weighted by molar-refractivity contribution is -0.0470. The molecule has 2 heterocycles. The second-order valence-electron chi connectivity index (χ2n) is 5.09. The number of hydrogen-bond acceptors (Lipinski definition) is 3. The summed E-state index contributed by atoms with van der Waals surface area (Å²) in [4.78, 5) is 15.0. The zero-order valence-electron chi connectivity index (χ0n) is 11.9. The van der Waals surface area contributed by atoms with Gasteiger partial charge < -0.3 is 10.3 Å². The normalized spacial score (nSPS) is 10.8. The molecule has 0 radical (unpaired) electrons. The summed E-state index contributed by atoms with van der Waals surface area (Å²) in [5.74, 6) is 0. The number of aromatic nitrogens is 2. The Morgan fingerprint density at radius 1 is 1.27 bits per heavy atom. The molecule has 22 heavy (non-hydrogen) atoms. The van der Waals surface area contributed by atoms with E-state index >= 15 is 0 Å². The predicted octanol–water partition coefficient (Wildman–Crippen LogP) is 2.35. The van der Waals surface area contributed by atoms with Crippen LogP contribution in [0.4, 0.5) is 4.79 Å². The number of rotatable bonds is 4. The van der Waals surface area contributed by atoms with Gasteiger partial charge in [0.05, 0.1) is 6.54 Å². The summed E-state index contributed by atoms with van der Waals surface area (Å²) in [5.41, 5.74) is 8.03. The maximum atomic E-state index is 10.9. The summed E-state index contributed by atoms with van der Waals surface area (Å²) < 4.78 is 2.13. The molecule has 0 unspecified atom stereocenters. The summed E-state index contributed by atoms with van der Waals surface area (Å²) in [6, 6.07) is 10.9. The van der Waals surface area contributed by atoms with Crippen molar-refractivity contribution in [3.63, 3.8) is 0 Å². The van der Waals surface area contributed by atoms with Gasteiger partial charge in [-0.05, 0) is 40.8 Å². The van der Waals surface area contributed by atoms with Gasteiger partial charge in [0.25, 0.3) is 0 Å². The molecule has 0 bridgehead atoms. The van der Waals surface area contributed by atoms with E-state index in [0.717, 1.165) is 28.6 Å². The number of nitrogens with two attached hydrogens (primary N) is 1. The lowest BCUT2D eigenvalue weighted by Gasteiger charge is -2.12. The van der Waals surface area contributed by atoms with Gasteiger partial charge in [-0.25, -0.2) is 9.86 Å². The molecule has 0 saturated heterocycles. The van der Waals surface area contributed by atoms with Gasteiger partial charge in [0.2, 0.25) is 0 Å². The van der Waals surface area contributed by atoms with E-state index in [0.29, 0.717) is 5.06 Å². The average molecular weight is 296 g/mol. The highest BCUT2D eigenvalue weighted by molar-refractivity contribution is 5.81. The van der Waals surface area contributed by atoms with Gasteiger partial charge in [-0.1, -0.05) is 12.1 Å².